The molecule has 51 nitrogen and oxygen atoms in total. The first-order valence-electron chi connectivity index (χ1n) is 31.9. The minimum Gasteiger partial charge on any atom is -0.812 e. The maximum absolute atomic E-state index is 14.7. The highest BCUT2D eigenvalue weighted by atomic mass is 32.5. The Morgan fingerprint density at radius 3 is 0.748 bits per heavy atom. The van der Waals surface area contributed by atoms with Gasteiger partial charge in [0.15, 0.2) is 88.5 Å². The summed E-state index contributed by atoms with van der Waals surface area (Å²) in [7, 11) is 0. The smallest absolute Gasteiger partial charge is 0.167 e. The summed E-state index contributed by atoms with van der Waals surface area (Å²) >= 11 is 25.8. The number of aliphatic hydroxyl groups is 6. The Morgan fingerprint density at radius 1 is 0.306 bits per heavy atom. The van der Waals surface area contributed by atoms with Crippen molar-refractivity contribution >= 4 is 178 Å². The molecule has 16 N–H and O–H groups in total. The van der Waals surface area contributed by atoms with Gasteiger partial charge in [0.2, 0.25) is 0 Å². The summed E-state index contributed by atoms with van der Waals surface area (Å²) in [5.41, 5.74) is 30.6. The second kappa shape index (κ2) is 31.2. The van der Waals surface area contributed by atoms with Crippen molar-refractivity contribution in [1.82, 2.24) is 97.6 Å². The van der Waals surface area contributed by atoms with E-state index in [2.05, 4.69) is 86.6 Å². The van der Waals surface area contributed by atoms with Crippen molar-refractivity contribution < 1.29 is 124 Å². The van der Waals surface area contributed by atoms with E-state index in [9.17, 15) is 60.0 Å². The minimum atomic E-state index is -5.08. The third kappa shape index (κ3) is 16.1. The lowest BCUT2D eigenvalue weighted by Gasteiger charge is -2.35. The van der Waals surface area contributed by atoms with Gasteiger partial charge in [-0.25, -0.2) is 74.8 Å². The molecule has 10 aromatic rings. The van der Waals surface area contributed by atoms with Crippen LogP contribution in [0.5, 0.6) is 0 Å². The molecule has 0 aromatic carbocycles. The third-order valence-electron chi connectivity index (χ3n) is 17.9. The number of hydrogen-bond donors (Lipinski definition) is 11. The number of fused-ring (bicyclic) bond motifs is 5. The van der Waals surface area contributed by atoms with E-state index in [1.165, 1.54) is 29.2 Å². The quantitative estimate of drug-likeness (QED) is 0.0203. The van der Waals surface area contributed by atoms with Gasteiger partial charge in [-0.2, -0.15) is 0 Å². The van der Waals surface area contributed by atoms with Gasteiger partial charge in [0.25, 0.3) is 0 Å². The van der Waals surface area contributed by atoms with E-state index < -0.39 is 189 Å². The maximum Gasteiger partial charge on any atom is 0.167 e. The van der Waals surface area contributed by atoms with E-state index in [-0.39, 0.29) is 84.9 Å². The Kier molecular flexibility index (Phi) is 22.5. The summed E-state index contributed by atoms with van der Waals surface area (Å²) < 4.78 is 87.2. The Morgan fingerprint density at radius 2 is 0.514 bits per heavy atom. The minimum absolute atomic E-state index is 0.00196. The zero-order valence-corrected chi connectivity index (χ0v) is 63.9. The molecule has 5 saturated heterocycles. The summed E-state index contributed by atoms with van der Waals surface area (Å²) in [6.07, 6.45) is -23.4. The molecule has 0 bridgehead atoms. The van der Waals surface area contributed by atoms with Gasteiger partial charge < -0.3 is 153 Å². The van der Waals surface area contributed by atoms with E-state index in [0.29, 0.717) is 0 Å². The van der Waals surface area contributed by atoms with Crippen LogP contribution >= 0.6 is 33.6 Å². The molecule has 15 rings (SSSR count). The molecule has 24 atom stereocenters. The van der Waals surface area contributed by atoms with Crippen LogP contribution in [0, 0.1) is 0 Å². The summed E-state index contributed by atoms with van der Waals surface area (Å²) in [6.45, 7) is -29.3. The maximum atomic E-state index is 14.7. The molecular weight excluding hydrogens is 1680 g/mol. The molecule has 0 spiro atoms. The topological polar surface area (TPSA) is 737 Å². The second-order valence-electron chi connectivity index (χ2n) is 24.7. The highest BCUT2D eigenvalue weighted by molar-refractivity contribution is 8.07. The second-order valence-corrected chi connectivity index (χ2v) is 38.0. The first-order valence-corrected chi connectivity index (χ1v) is 44.6. The van der Waals surface area contributed by atoms with Gasteiger partial charge in [-0.05, 0) is 0 Å². The van der Waals surface area contributed by atoms with Crippen LogP contribution < -0.4 is 58.0 Å². The Balaban J connectivity index is 0.636. The molecule has 15 heterocycles. The third-order valence-corrected chi connectivity index (χ3v) is 24.8. The number of anilines is 5. The first-order chi connectivity index (χ1) is 52.6. The first kappa shape index (κ1) is 80.2. The zero-order valence-electron chi connectivity index (χ0n) is 55.3. The summed E-state index contributed by atoms with van der Waals surface area (Å²) in [5, 5.41) is 70.0. The molecule has 4 unspecified atom stereocenters. The Labute approximate surface area is 643 Å². The number of nitrogens with two attached hydrogens (primary N) is 5. The number of imidazole rings is 5. The van der Waals surface area contributed by atoms with Crippen LogP contribution in [-0.4, -0.2) is 253 Å². The van der Waals surface area contributed by atoms with Crippen molar-refractivity contribution in [3.05, 3.63) is 63.3 Å². The fourth-order valence-corrected chi connectivity index (χ4v) is 18.8. The lowest BCUT2D eigenvalue weighted by Crippen LogP contribution is -2.39. The van der Waals surface area contributed by atoms with Gasteiger partial charge in [-0.1, -0.05) is 53.9 Å². The number of rotatable bonds is 28. The van der Waals surface area contributed by atoms with Gasteiger partial charge in [0, 0.05) is 0 Å². The van der Waals surface area contributed by atoms with Crippen molar-refractivity contribution in [3.8, 4) is 0 Å². The average Bonchev–Trinajstić information content (AvgIpc) is 1.63. The molecule has 5 aliphatic rings. The molecular formula is C50H56N25O26P5S5-6. The number of nitrogens with zero attached hydrogens (tertiary/aromatic N) is 20. The van der Waals surface area contributed by atoms with Crippen molar-refractivity contribution in [2.75, 3.05) is 61.7 Å². The number of nitrogen functional groups attached to an aromatic ring is 5. The molecule has 598 valence electrons. The zero-order chi connectivity index (χ0) is 78.7. The fourth-order valence-electron chi connectivity index (χ4n) is 12.7. The van der Waals surface area contributed by atoms with E-state index in [1.807, 2.05) is 0 Å². The number of aromatic nitrogens is 20. The van der Waals surface area contributed by atoms with Gasteiger partial charge in [-0.3, -0.25) is 22.8 Å². The van der Waals surface area contributed by atoms with E-state index in [4.69, 9.17) is 140 Å². The van der Waals surface area contributed by atoms with Gasteiger partial charge in [-0.15, -0.1) is 11.8 Å². The summed E-state index contributed by atoms with van der Waals surface area (Å²) in [6, 6.07) is 0. The van der Waals surface area contributed by atoms with E-state index in [1.54, 1.807) is 0 Å². The molecule has 5 aliphatic heterocycles. The lowest BCUT2D eigenvalue weighted by molar-refractivity contribution is -0.322. The Hall–Kier alpha value is -6.04. The summed E-state index contributed by atoms with van der Waals surface area (Å²) in [4.78, 5) is 143. The highest BCUT2D eigenvalue weighted by Gasteiger charge is 2.54. The monoisotopic (exact) mass is 1740 g/mol. The molecule has 111 heavy (non-hydrogen) atoms. The normalized spacial score (nSPS) is 31.5. The average molecular weight is 1740 g/mol. The van der Waals surface area contributed by atoms with Crippen LogP contribution in [0.15, 0.2) is 63.3 Å². The van der Waals surface area contributed by atoms with Crippen molar-refractivity contribution in [3.63, 3.8) is 0 Å². The molecule has 0 radical (unpaired) electrons. The van der Waals surface area contributed by atoms with Crippen LogP contribution in [-0.2, 0) is 123 Å². The van der Waals surface area contributed by atoms with Crippen LogP contribution in [0.1, 0.15) is 31.1 Å². The largest absolute Gasteiger partial charge is 0.812 e. The summed E-state index contributed by atoms with van der Waals surface area (Å²) in [5.74, 6) is -0.387. The SMILES string of the molecule is Nc1ncnc2c1ncn2[C@@H]1O[C@H](COP([O-])(=S)O[C@@H]2[C@H](O)[C@@H](COP([O-])(=S)O[C@@H]3[C@H](O)[C@@H](COP([O-])(=S)O[C@@H]4[C@H](O)[C@@H](COP([O-])(=S)O[C@@H]5[C@H](O)[C@@H](COP([O-])([O-])=S)O[C@H]5n5cnc6c(N)ncnc65)O[C@H]4n4cnc5c(N)ncnc54)O[C@H]3n3cnc4c(N)ncnc43)O[C@H]2n2cnc3c(N)ncnc32)[C@@H](O)[C@H]1O. The predicted molar refractivity (Wildman–Crippen MR) is 375 cm³/mol. The molecule has 0 saturated carbocycles. The van der Waals surface area contributed by atoms with Gasteiger partial charge >= 0.3 is 0 Å². The number of ether oxygens (including phenoxy) is 5. The van der Waals surface area contributed by atoms with Crippen LogP contribution in [0.25, 0.3) is 55.8 Å². The van der Waals surface area contributed by atoms with Crippen molar-refractivity contribution in [1.29, 1.82) is 0 Å². The van der Waals surface area contributed by atoms with Crippen LogP contribution in [0.2, 0.25) is 0 Å². The van der Waals surface area contributed by atoms with E-state index >= 15 is 0 Å². The lowest BCUT2D eigenvalue weighted by atomic mass is 10.1. The molecule has 5 fully saturated rings. The van der Waals surface area contributed by atoms with E-state index in [0.717, 1.165) is 56.9 Å². The molecule has 10 aromatic heterocycles. The highest BCUT2D eigenvalue weighted by Crippen LogP contribution is 2.54. The Bertz CT molecular complexity index is 5420. The standard InChI is InChI=1S/C50H62N25O26P5S5/c51-36-21-41(61-6-56-36)71(11-66-21)46-31(81)26(76)16(93-46)2-89-103(84,108)99-33-28(78)18(95-48(33)73-13-68-23-38(53)58-8-63-43(23)73)4-91-105(86,110)101-35-30(80)20(97-50(35)75-15-70-25-40(55)60-10-65-45(25)75)5-92-106(87,111)100-34-29(79)19(96-49(34)74-14-69-24-39(54)59-9-64-44(24)74)3-90-104(85,109)98-32-27(77)17(1-88-102(82,83)107)94-47(32)72-12-67-22-37(52)57-7-62-42(22)72/h6-20,26-35,46-50,76-81H,1-5H2,(H,84,108)(H,85,109)(H,86,110)(H,87,111)(H2,51,56,61)(H2,52,57,62)(H2,53,58,63)(H2,54,59,64)(H2,55,60,65)(H2,82,83,107)/p-6/t16-,17-,18-,19-,20-,26-,27-,28-,29-,30-,31-,32-,33-,34-,35-,46-,47-,48-,49-,50-,103?,104?,105?,106?/m1/s1. The molecule has 0 aliphatic carbocycles. The van der Waals surface area contributed by atoms with Crippen molar-refractivity contribution in [2.45, 2.75) is 123 Å². The molecule has 61 heteroatoms. The van der Waals surface area contributed by atoms with Gasteiger partial charge in [0.05, 0.1) is 64.7 Å². The van der Waals surface area contributed by atoms with Gasteiger partial charge in [0.1, 0.15) is 178 Å². The number of aliphatic hydroxyl groups excluding tert-OH is 6. The fraction of sp³-hybridized carbons (Fsp3) is 0.500. The van der Waals surface area contributed by atoms with Crippen molar-refractivity contribution in [2.24, 2.45) is 0 Å². The molecule has 0 amide bonds. The van der Waals surface area contributed by atoms with Crippen LogP contribution in [0.4, 0.5) is 29.1 Å². The predicted octanol–water partition coefficient (Wildman–Crippen LogP) is -8.34. The number of hydrogen-bond acceptors (Lipinski definition) is 51. The van der Waals surface area contributed by atoms with Crippen LogP contribution in [0.3, 0.4) is 0 Å².